The van der Waals surface area contributed by atoms with Crippen LogP contribution in [0.5, 0.6) is 0 Å². The van der Waals surface area contributed by atoms with Crippen LogP contribution in [0.1, 0.15) is 10.4 Å². The number of anilines is 2. The molecule has 0 aliphatic carbocycles. The number of rotatable bonds is 5. The third-order valence-corrected chi connectivity index (χ3v) is 6.19. The molecule has 9 heteroatoms. The van der Waals surface area contributed by atoms with E-state index >= 15 is 0 Å². The fraction of sp³-hybridized carbons (Fsp3) is 0.0500. The van der Waals surface area contributed by atoms with E-state index in [-0.39, 0.29) is 26.9 Å². The lowest BCUT2D eigenvalue weighted by Gasteiger charge is -2.19. The van der Waals surface area contributed by atoms with Gasteiger partial charge in [-0.1, -0.05) is 17.7 Å². The highest BCUT2D eigenvalue weighted by Crippen LogP contribution is 2.24. The first kappa shape index (κ1) is 20.8. The molecular weight excluding hydrogens is 422 g/mol. The van der Waals surface area contributed by atoms with Crippen LogP contribution in [-0.4, -0.2) is 21.4 Å². The van der Waals surface area contributed by atoms with Crippen molar-refractivity contribution in [3.63, 3.8) is 0 Å². The van der Waals surface area contributed by atoms with E-state index in [0.717, 1.165) is 22.5 Å². The van der Waals surface area contributed by atoms with E-state index in [1.165, 1.54) is 55.6 Å². The maximum atomic E-state index is 13.2. The lowest BCUT2D eigenvalue weighted by molar-refractivity contribution is 0.102. The standard InChI is InChI=1S/C20H15ClF2N2O3S/c1-25(16-8-5-14(22)6-9-16)29(27,28)17-4-2-3-13(11-17)20(26)24-15-7-10-19(23)18(21)12-15/h2-12H,1H3,(H,24,26). The van der Waals surface area contributed by atoms with Gasteiger partial charge in [0.05, 0.1) is 15.6 Å². The van der Waals surface area contributed by atoms with Crippen molar-refractivity contribution in [2.24, 2.45) is 0 Å². The maximum Gasteiger partial charge on any atom is 0.264 e. The zero-order valence-corrected chi connectivity index (χ0v) is 16.6. The molecule has 5 nitrogen and oxygen atoms in total. The van der Waals surface area contributed by atoms with Gasteiger partial charge in [0.2, 0.25) is 0 Å². The molecule has 1 amide bonds. The van der Waals surface area contributed by atoms with Crippen LogP contribution in [0.3, 0.4) is 0 Å². The predicted molar refractivity (Wildman–Crippen MR) is 108 cm³/mol. The average Bonchev–Trinajstić information content (AvgIpc) is 2.71. The van der Waals surface area contributed by atoms with E-state index in [0.29, 0.717) is 0 Å². The zero-order valence-electron chi connectivity index (χ0n) is 15.1. The summed E-state index contributed by atoms with van der Waals surface area (Å²) in [5, 5.41) is 2.38. The van der Waals surface area contributed by atoms with Gasteiger partial charge in [-0.15, -0.1) is 0 Å². The van der Waals surface area contributed by atoms with Crippen LogP contribution in [0.25, 0.3) is 0 Å². The van der Waals surface area contributed by atoms with E-state index in [9.17, 15) is 22.0 Å². The predicted octanol–water partition coefficient (Wildman–Crippen LogP) is 4.70. The molecule has 0 heterocycles. The van der Waals surface area contributed by atoms with Crippen molar-refractivity contribution in [2.75, 3.05) is 16.7 Å². The second kappa shape index (κ2) is 8.18. The van der Waals surface area contributed by atoms with Crippen molar-refractivity contribution in [3.05, 3.63) is 89.0 Å². The third kappa shape index (κ3) is 4.55. The van der Waals surface area contributed by atoms with Gasteiger partial charge in [0.25, 0.3) is 15.9 Å². The molecule has 0 saturated heterocycles. The second-order valence-corrected chi connectivity index (χ2v) is 8.44. The van der Waals surface area contributed by atoms with Crippen LogP contribution in [0.4, 0.5) is 20.2 Å². The smallest absolute Gasteiger partial charge is 0.264 e. The number of carbonyl (C=O) groups is 1. The van der Waals surface area contributed by atoms with Crippen molar-refractivity contribution >= 4 is 38.9 Å². The summed E-state index contributed by atoms with van der Waals surface area (Å²) < 4.78 is 53.1. The maximum absolute atomic E-state index is 13.2. The third-order valence-electron chi connectivity index (χ3n) is 4.12. The van der Waals surface area contributed by atoms with Crippen LogP contribution in [0.15, 0.2) is 71.6 Å². The van der Waals surface area contributed by atoms with Gasteiger partial charge in [-0.25, -0.2) is 17.2 Å². The van der Waals surface area contributed by atoms with Gasteiger partial charge >= 0.3 is 0 Å². The van der Waals surface area contributed by atoms with E-state index in [1.54, 1.807) is 0 Å². The Kier molecular flexibility index (Phi) is 5.86. The molecule has 3 aromatic carbocycles. The molecule has 0 unspecified atom stereocenters. The molecule has 0 aliphatic heterocycles. The summed E-state index contributed by atoms with van der Waals surface area (Å²) in [5.41, 5.74) is 0.610. The topological polar surface area (TPSA) is 66.5 Å². The van der Waals surface area contributed by atoms with Gasteiger partial charge < -0.3 is 5.32 Å². The summed E-state index contributed by atoms with van der Waals surface area (Å²) in [6.07, 6.45) is 0. The van der Waals surface area contributed by atoms with Crippen LogP contribution < -0.4 is 9.62 Å². The minimum atomic E-state index is -3.99. The fourth-order valence-electron chi connectivity index (χ4n) is 2.52. The Morgan fingerprint density at radius 3 is 2.34 bits per heavy atom. The Morgan fingerprint density at radius 1 is 1.00 bits per heavy atom. The van der Waals surface area contributed by atoms with Crippen molar-refractivity contribution in [1.29, 1.82) is 0 Å². The van der Waals surface area contributed by atoms with E-state index in [1.807, 2.05) is 0 Å². The molecule has 0 aliphatic rings. The summed E-state index contributed by atoms with van der Waals surface area (Å²) in [6, 6.07) is 14.1. The Balaban J connectivity index is 1.86. The largest absolute Gasteiger partial charge is 0.322 e. The molecule has 0 aromatic heterocycles. The van der Waals surface area contributed by atoms with Crippen molar-refractivity contribution in [2.45, 2.75) is 4.90 Å². The Morgan fingerprint density at radius 2 is 1.69 bits per heavy atom. The van der Waals surface area contributed by atoms with E-state index in [2.05, 4.69) is 5.32 Å². The highest BCUT2D eigenvalue weighted by Gasteiger charge is 2.22. The lowest BCUT2D eigenvalue weighted by Crippen LogP contribution is -2.26. The number of sulfonamides is 1. The van der Waals surface area contributed by atoms with Gasteiger partial charge in [0.1, 0.15) is 11.6 Å². The Labute approximate surface area is 171 Å². The van der Waals surface area contributed by atoms with Crippen molar-refractivity contribution in [3.8, 4) is 0 Å². The lowest BCUT2D eigenvalue weighted by atomic mass is 10.2. The van der Waals surface area contributed by atoms with Crippen molar-refractivity contribution < 1.29 is 22.0 Å². The molecule has 3 rings (SSSR count). The summed E-state index contributed by atoms with van der Waals surface area (Å²) in [6.45, 7) is 0. The fourth-order valence-corrected chi connectivity index (χ4v) is 3.95. The second-order valence-electron chi connectivity index (χ2n) is 6.06. The van der Waals surface area contributed by atoms with Gasteiger partial charge in [0.15, 0.2) is 0 Å². The molecule has 0 radical (unpaired) electrons. The van der Waals surface area contributed by atoms with Gasteiger partial charge in [-0.3, -0.25) is 9.10 Å². The Hall–Kier alpha value is -2.97. The number of hydrogen-bond acceptors (Lipinski definition) is 3. The Bertz CT molecular complexity index is 1170. The van der Waals surface area contributed by atoms with Crippen molar-refractivity contribution in [1.82, 2.24) is 0 Å². The van der Waals surface area contributed by atoms with Crippen LogP contribution in [-0.2, 0) is 10.0 Å². The number of nitrogens with zero attached hydrogens (tertiary/aromatic N) is 1. The number of nitrogens with one attached hydrogen (secondary N) is 1. The first-order chi connectivity index (χ1) is 13.7. The van der Waals surface area contributed by atoms with Crippen LogP contribution in [0.2, 0.25) is 5.02 Å². The number of halogens is 3. The summed E-state index contributed by atoms with van der Waals surface area (Å²) in [7, 11) is -2.66. The molecule has 3 aromatic rings. The number of hydrogen-bond donors (Lipinski definition) is 1. The minimum Gasteiger partial charge on any atom is -0.322 e. The molecule has 0 bridgehead atoms. The van der Waals surface area contributed by atoms with E-state index in [4.69, 9.17) is 11.6 Å². The van der Waals surface area contributed by atoms with E-state index < -0.39 is 27.6 Å². The highest BCUT2D eigenvalue weighted by atomic mass is 35.5. The molecule has 0 saturated carbocycles. The van der Waals surface area contributed by atoms with Gasteiger partial charge in [-0.05, 0) is 60.7 Å². The van der Waals surface area contributed by atoms with Crippen LogP contribution in [0, 0.1) is 11.6 Å². The SMILES string of the molecule is CN(c1ccc(F)cc1)S(=O)(=O)c1cccc(C(=O)Nc2ccc(F)c(Cl)c2)c1. The first-order valence-electron chi connectivity index (χ1n) is 8.29. The first-order valence-corrected chi connectivity index (χ1v) is 10.1. The number of amides is 1. The molecule has 1 N–H and O–H groups in total. The van der Waals surface area contributed by atoms with Gasteiger partial charge in [0, 0.05) is 18.3 Å². The number of benzene rings is 3. The molecule has 0 fully saturated rings. The van der Waals surface area contributed by atoms with Gasteiger partial charge in [-0.2, -0.15) is 0 Å². The monoisotopic (exact) mass is 436 g/mol. The molecule has 150 valence electrons. The quantitative estimate of drug-likeness (QED) is 0.630. The summed E-state index contributed by atoms with van der Waals surface area (Å²) >= 11 is 5.70. The molecular formula is C20H15ClF2N2O3S. The molecule has 0 atom stereocenters. The van der Waals surface area contributed by atoms with Crippen LogP contribution >= 0.6 is 11.6 Å². The summed E-state index contributed by atoms with van der Waals surface area (Å²) in [4.78, 5) is 12.4. The molecule has 0 spiro atoms. The average molecular weight is 437 g/mol. The highest BCUT2D eigenvalue weighted by molar-refractivity contribution is 7.92. The summed E-state index contributed by atoms with van der Waals surface area (Å²) in [5.74, 6) is -1.70. The zero-order chi connectivity index (χ0) is 21.2. The minimum absolute atomic E-state index is 0.0824. The molecule has 29 heavy (non-hydrogen) atoms. The normalized spacial score (nSPS) is 11.2. The number of carbonyl (C=O) groups excluding carboxylic acids is 1.